The third-order valence-electron chi connectivity index (χ3n) is 3.22. The maximum Gasteiger partial charge on any atom is 0.126 e. The van der Waals surface area contributed by atoms with Gasteiger partial charge in [0.25, 0.3) is 0 Å². The topological polar surface area (TPSA) is 24.9 Å². The highest BCUT2D eigenvalue weighted by Gasteiger charge is 2.12. The lowest BCUT2D eigenvalue weighted by molar-refractivity contribution is 0.619. The van der Waals surface area contributed by atoms with E-state index in [2.05, 4.69) is 19.2 Å². The van der Waals surface area contributed by atoms with Crippen LogP contribution in [0.2, 0.25) is 0 Å². The third kappa shape index (κ3) is 3.44. The van der Waals surface area contributed by atoms with E-state index in [1.54, 1.807) is 24.3 Å². The van der Waals surface area contributed by atoms with Gasteiger partial charge in [0.1, 0.15) is 10.8 Å². The molecule has 0 amide bonds. The predicted octanol–water partition coefficient (Wildman–Crippen LogP) is 4.32. The summed E-state index contributed by atoms with van der Waals surface area (Å²) in [6, 6.07) is 5.35. The van der Waals surface area contributed by atoms with E-state index in [0.29, 0.717) is 5.56 Å². The van der Waals surface area contributed by atoms with Crippen molar-refractivity contribution in [3.05, 3.63) is 40.2 Å². The molecule has 2 aromatic rings. The zero-order chi connectivity index (χ0) is 14.5. The van der Waals surface area contributed by atoms with Crippen LogP contribution < -0.4 is 5.32 Å². The number of aryl methyl sites for hydroxylation is 2. The summed E-state index contributed by atoms with van der Waals surface area (Å²) in [7, 11) is 0. The van der Waals surface area contributed by atoms with Gasteiger partial charge in [0.2, 0.25) is 0 Å². The zero-order valence-corrected chi connectivity index (χ0v) is 13.1. The summed E-state index contributed by atoms with van der Waals surface area (Å²) in [5, 5.41) is 4.26. The van der Waals surface area contributed by atoms with Crippen LogP contribution in [-0.2, 0) is 13.0 Å². The van der Waals surface area contributed by atoms with Gasteiger partial charge in [0, 0.05) is 17.0 Å². The van der Waals surface area contributed by atoms with E-state index in [1.807, 2.05) is 12.1 Å². The van der Waals surface area contributed by atoms with E-state index in [0.717, 1.165) is 42.2 Å². The molecule has 1 N–H and O–H groups in total. The number of hydrogen-bond acceptors (Lipinski definition) is 3. The van der Waals surface area contributed by atoms with Crippen molar-refractivity contribution in [3.63, 3.8) is 0 Å². The minimum atomic E-state index is -0.164. The van der Waals surface area contributed by atoms with Gasteiger partial charge in [-0.05, 0) is 31.5 Å². The summed E-state index contributed by atoms with van der Waals surface area (Å²) in [6.45, 7) is 7.81. The molecule has 0 spiro atoms. The minimum Gasteiger partial charge on any atom is -0.312 e. The van der Waals surface area contributed by atoms with Gasteiger partial charge < -0.3 is 5.32 Å². The predicted molar refractivity (Wildman–Crippen MR) is 83.6 cm³/mol. The van der Waals surface area contributed by atoms with Gasteiger partial charge >= 0.3 is 0 Å². The molecular formula is C16H21FN2S. The number of rotatable bonds is 6. The largest absolute Gasteiger partial charge is 0.312 e. The SMILES string of the molecule is CCCc1nc(-c2ccc(C)c(F)c2)sc1CNCC. The van der Waals surface area contributed by atoms with Gasteiger partial charge in [-0.2, -0.15) is 0 Å². The monoisotopic (exact) mass is 292 g/mol. The first kappa shape index (κ1) is 15.1. The van der Waals surface area contributed by atoms with Gasteiger partial charge in [-0.25, -0.2) is 9.37 Å². The van der Waals surface area contributed by atoms with Crippen molar-refractivity contribution in [2.75, 3.05) is 6.54 Å². The Labute approximate surface area is 124 Å². The highest BCUT2D eigenvalue weighted by Crippen LogP contribution is 2.29. The second-order valence-corrected chi connectivity index (χ2v) is 5.97. The molecule has 0 atom stereocenters. The Balaban J connectivity index is 2.33. The molecule has 0 fully saturated rings. The second-order valence-electron chi connectivity index (χ2n) is 4.88. The van der Waals surface area contributed by atoms with Gasteiger partial charge in [0.15, 0.2) is 0 Å². The fraction of sp³-hybridized carbons (Fsp3) is 0.438. The average Bonchev–Trinajstić information content (AvgIpc) is 2.83. The lowest BCUT2D eigenvalue weighted by Crippen LogP contribution is -2.11. The summed E-state index contributed by atoms with van der Waals surface area (Å²) in [5.41, 5.74) is 2.69. The Morgan fingerprint density at radius 2 is 2.10 bits per heavy atom. The Hall–Kier alpha value is -1.26. The fourth-order valence-electron chi connectivity index (χ4n) is 2.04. The summed E-state index contributed by atoms with van der Waals surface area (Å²) in [4.78, 5) is 5.97. The van der Waals surface area contributed by atoms with E-state index < -0.39 is 0 Å². The first-order chi connectivity index (χ1) is 9.65. The molecule has 2 nitrogen and oxygen atoms in total. The summed E-state index contributed by atoms with van der Waals surface area (Å²) < 4.78 is 13.7. The molecule has 108 valence electrons. The molecule has 0 aliphatic rings. The Bertz CT molecular complexity index is 578. The standard InChI is InChI=1S/C16H21FN2S/c1-4-6-14-15(10-18-5-2)20-16(19-14)12-8-7-11(3)13(17)9-12/h7-9,18H,4-6,10H2,1-3H3. The number of aromatic nitrogens is 1. The molecule has 0 saturated carbocycles. The second kappa shape index (κ2) is 6.95. The van der Waals surface area contributed by atoms with E-state index in [4.69, 9.17) is 4.98 Å². The average molecular weight is 292 g/mol. The number of benzene rings is 1. The molecule has 1 aromatic carbocycles. The zero-order valence-electron chi connectivity index (χ0n) is 12.3. The van der Waals surface area contributed by atoms with Crippen LogP contribution in [0, 0.1) is 12.7 Å². The van der Waals surface area contributed by atoms with E-state index in [1.165, 1.54) is 4.88 Å². The first-order valence-electron chi connectivity index (χ1n) is 7.11. The normalized spacial score (nSPS) is 11.0. The van der Waals surface area contributed by atoms with Crippen molar-refractivity contribution in [1.29, 1.82) is 0 Å². The number of nitrogens with zero attached hydrogens (tertiary/aromatic N) is 1. The van der Waals surface area contributed by atoms with E-state index >= 15 is 0 Å². The van der Waals surface area contributed by atoms with E-state index in [-0.39, 0.29) is 5.82 Å². The number of nitrogens with one attached hydrogen (secondary N) is 1. The van der Waals surface area contributed by atoms with Crippen LogP contribution in [-0.4, -0.2) is 11.5 Å². The minimum absolute atomic E-state index is 0.164. The van der Waals surface area contributed by atoms with Crippen LogP contribution >= 0.6 is 11.3 Å². The molecule has 20 heavy (non-hydrogen) atoms. The Morgan fingerprint density at radius 3 is 2.75 bits per heavy atom. The fourth-order valence-corrected chi connectivity index (χ4v) is 3.12. The first-order valence-corrected chi connectivity index (χ1v) is 7.93. The van der Waals surface area contributed by atoms with Crippen molar-refractivity contribution in [3.8, 4) is 10.6 Å². The van der Waals surface area contributed by atoms with Crippen molar-refractivity contribution in [1.82, 2.24) is 10.3 Å². The van der Waals surface area contributed by atoms with Crippen molar-refractivity contribution in [2.24, 2.45) is 0 Å². The summed E-state index contributed by atoms with van der Waals surface area (Å²) >= 11 is 1.67. The lowest BCUT2D eigenvalue weighted by Gasteiger charge is -2.00. The molecule has 0 radical (unpaired) electrons. The van der Waals surface area contributed by atoms with Crippen LogP contribution in [0.5, 0.6) is 0 Å². The van der Waals surface area contributed by atoms with Crippen LogP contribution in [0.25, 0.3) is 10.6 Å². The molecule has 0 unspecified atom stereocenters. The molecule has 0 aliphatic carbocycles. The van der Waals surface area contributed by atoms with Crippen LogP contribution in [0.3, 0.4) is 0 Å². The van der Waals surface area contributed by atoms with Gasteiger partial charge in [-0.1, -0.05) is 32.4 Å². The van der Waals surface area contributed by atoms with Crippen molar-refractivity contribution in [2.45, 2.75) is 40.2 Å². The molecule has 1 heterocycles. The van der Waals surface area contributed by atoms with Crippen LogP contribution in [0.15, 0.2) is 18.2 Å². The maximum atomic E-state index is 13.7. The van der Waals surface area contributed by atoms with Crippen molar-refractivity contribution < 1.29 is 4.39 Å². The Kier molecular flexibility index (Phi) is 5.26. The van der Waals surface area contributed by atoms with Crippen LogP contribution in [0.4, 0.5) is 4.39 Å². The maximum absolute atomic E-state index is 13.7. The highest BCUT2D eigenvalue weighted by atomic mass is 32.1. The number of thiazole rings is 1. The number of hydrogen-bond donors (Lipinski definition) is 1. The Morgan fingerprint density at radius 1 is 1.30 bits per heavy atom. The van der Waals surface area contributed by atoms with E-state index in [9.17, 15) is 4.39 Å². The quantitative estimate of drug-likeness (QED) is 0.857. The van der Waals surface area contributed by atoms with Gasteiger partial charge in [-0.15, -0.1) is 11.3 Å². The number of halogens is 1. The molecule has 4 heteroatoms. The van der Waals surface area contributed by atoms with Gasteiger partial charge in [-0.3, -0.25) is 0 Å². The van der Waals surface area contributed by atoms with Crippen LogP contribution in [0.1, 0.15) is 36.4 Å². The summed E-state index contributed by atoms with van der Waals surface area (Å²) in [5.74, 6) is -0.164. The smallest absolute Gasteiger partial charge is 0.126 e. The van der Waals surface area contributed by atoms with Gasteiger partial charge in [0.05, 0.1) is 5.69 Å². The highest BCUT2D eigenvalue weighted by molar-refractivity contribution is 7.15. The molecule has 1 aromatic heterocycles. The third-order valence-corrected chi connectivity index (χ3v) is 4.37. The molecule has 0 bridgehead atoms. The molecular weight excluding hydrogens is 271 g/mol. The lowest BCUT2D eigenvalue weighted by atomic mass is 10.1. The molecule has 0 saturated heterocycles. The molecule has 0 aliphatic heterocycles. The molecule has 2 rings (SSSR count). The summed E-state index contributed by atoms with van der Waals surface area (Å²) in [6.07, 6.45) is 2.05. The van der Waals surface area contributed by atoms with Crippen molar-refractivity contribution >= 4 is 11.3 Å².